The Morgan fingerprint density at radius 2 is 2.27 bits per heavy atom. The van der Waals surface area contributed by atoms with Crippen molar-refractivity contribution in [2.45, 2.75) is 33.1 Å². The first-order chi connectivity index (χ1) is 12.7. The van der Waals surface area contributed by atoms with E-state index in [0.717, 1.165) is 41.8 Å². The van der Waals surface area contributed by atoms with Crippen LogP contribution in [-0.4, -0.2) is 27.6 Å². The summed E-state index contributed by atoms with van der Waals surface area (Å²) in [7, 11) is 0. The van der Waals surface area contributed by atoms with Crippen molar-refractivity contribution in [2.75, 3.05) is 11.9 Å². The molecule has 7 nitrogen and oxygen atoms in total. The van der Waals surface area contributed by atoms with E-state index in [0.29, 0.717) is 29.5 Å². The monoisotopic (exact) mass is 352 g/mol. The molecule has 3 heterocycles. The normalized spacial score (nSPS) is 12.8. The number of nitrogens with one attached hydrogen (secondary N) is 2. The van der Waals surface area contributed by atoms with Gasteiger partial charge in [0.1, 0.15) is 11.6 Å². The lowest BCUT2D eigenvalue weighted by Gasteiger charge is -2.07. The molecule has 0 aromatic carbocycles. The molecule has 3 aromatic rings. The van der Waals surface area contributed by atoms with Crippen molar-refractivity contribution in [3.63, 3.8) is 0 Å². The molecule has 0 atom stereocenters. The summed E-state index contributed by atoms with van der Waals surface area (Å²) in [5.41, 5.74) is 4.31. The van der Waals surface area contributed by atoms with Crippen molar-refractivity contribution in [3.8, 4) is 17.1 Å². The third-order valence-electron chi connectivity index (χ3n) is 4.56. The Morgan fingerprint density at radius 1 is 1.38 bits per heavy atom. The van der Waals surface area contributed by atoms with Gasteiger partial charge in [0.05, 0.1) is 29.6 Å². The minimum absolute atomic E-state index is 0.235. The van der Waals surface area contributed by atoms with E-state index in [1.54, 1.807) is 24.5 Å². The maximum absolute atomic E-state index is 12.8. The molecule has 0 saturated carbocycles. The molecule has 2 N–H and O–H groups in total. The second-order valence-electron chi connectivity index (χ2n) is 6.25. The number of aromatic nitrogens is 3. The van der Waals surface area contributed by atoms with Gasteiger partial charge >= 0.3 is 0 Å². The van der Waals surface area contributed by atoms with Crippen LogP contribution in [0.2, 0.25) is 0 Å². The first kappa shape index (κ1) is 16.4. The van der Waals surface area contributed by atoms with Crippen molar-refractivity contribution in [2.24, 2.45) is 0 Å². The average molecular weight is 352 g/mol. The number of aromatic amines is 1. The van der Waals surface area contributed by atoms with Gasteiger partial charge in [-0.3, -0.25) is 4.79 Å². The van der Waals surface area contributed by atoms with Gasteiger partial charge in [0.15, 0.2) is 5.76 Å². The molecule has 0 fully saturated rings. The lowest BCUT2D eigenvalue weighted by Crippen LogP contribution is -2.13. The second kappa shape index (κ2) is 6.67. The summed E-state index contributed by atoms with van der Waals surface area (Å²) in [5.74, 6) is 1.60. The lowest BCUT2D eigenvalue weighted by atomic mass is 10.0. The number of hydrogen-bond donors (Lipinski definition) is 2. The fourth-order valence-corrected chi connectivity index (χ4v) is 3.31. The van der Waals surface area contributed by atoms with E-state index in [9.17, 15) is 4.79 Å². The van der Waals surface area contributed by atoms with E-state index in [1.807, 2.05) is 13.8 Å². The SMILES string of the molecule is CCOc1ccc(NC(=O)c2c[nH]c3c2-c2onc(C)c2CCC3)nc1. The number of rotatable bonds is 4. The molecule has 0 unspecified atom stereocenters. The first-order valence-electron chi connectivity index (χ1n) is 8.73. The number of amides is 1. The third-order valence-corrected chi connectivity index (χ3v) is 4.56. The van der Waals surface area contributed by atoms with E-state index in [4.69, 9.17) is 9.26 Å². The number of pyridine rings is 1. The molecule has 0 spiro atoms. The number of nitrogens with zero attached hydrogens (tertiary/aromatic N) is 2. The Hall–Kier alpha value is -3.09. The maximum Gasteiger partial charge on any atom is 0.259 e. The van der Waals surface area contributed by atoms with Crippen LogP contribution in [0, 0.1) is 6.92 Å². The van der Waals surface area contributed by atoms with Gasteiger partial charge in [0.2, 0.25) is 0 Å². The van der Waals surface area contributed by atoms with Gasteiger partial charge in [-0.1, -0.05) is 5.16 Å². The maximum atomic E-state index is 12.8. The van der Waals surface area contributed by atoms with Crippen molar-refractivity contribution in [1.29, 1.82) is 0 Å². The van der Waals surface area contributed by atoms with Gasteiger partial charge in [0.25, 0.3) is 5.91 Å². The standard InChI is InChI=1S/C19H20N4O3/c1-3-25-12-7-8-16(21-9-12)22-19(24)14-10-20-15-6-4-5-13-11(2)23-26-18(13)17(14)15/h7-10,20H,3-6H2,1-2H3,(H,21,22,24). The van der Waals surface area contributed by atoms with Gasteiger partial charge in [-0.05, 0) is 45.2 Å². The molecule has 1 amide bonds. The summed E-state index contributed by atoms with van der Waals surface area (Å²) in [6.45, 7) is 4.41. The molecule has 26 heavy (non-hydrogen) atoms. The van der Waals surface area contributed by atoms with Crippen LogP contribution >= 0.6 is 0 Å². The predicted molar refractivity (Wildman–Crippen MR) is 96.4 cm³/mol. The van der Waals surface area contributed by atoms with Crippen LogP contribution in [0.25, 0.3) is 11.3 Å². The average Bonchev–Trinajstić information content (AvgIpc) is 3.16. The zero-order valence-electron chi connectivity index (χ0n) is 14.8. The van der Waals surface area contributed by atoms with E-state index >= 15 is 0 Å². The smallest absolute Gasteiger partial charge is 0.259 e. The number of fused-ring (bicyclic) bond motifs is 3. The third kappa shape index (κ3) is 2.85. The van der Waals surface area contributed by atoms with Crippen LogP contribution < -0.4 is 10.1 Å². The number of H-pyrrole nitrogens is 1. The van der Waals surface area contributed by atoms with Crippen molar-refractivity contribution in [1.82, 2.24) is 15.1 Å². The van der Waals surface area contributed by atoms with Gasteiger partial charge in [-0.2, -0.15) is 0 Å². The highest BCUT2D eigenvalue weighted by Gasteiger charge is 2.27. The van der Waals surface area contributed by atoms with Crippen LogP contribution in [0.3, 0.4) is 0 Å². The van der Waals surface area contributed by atoms with Crippen molar-refractivity contribution < 1.29 is 14.1 Å². The van der Waals surface area contributed by atoms with Crippen LogP contribution in [0.5, 0.6) is 5.75 Å². The largest absolute Gasteiger partial charge is 0.492 e. The van der Waals surface area contributed by atoms with E-state index in [-0.39, 0.29) is 5.91 Å². The van der Waals surface area contributed by atoms with Gasteiger partial charge in [-0.15, -0.1) is 0 Å². The summed E-state index contributed by atoms with van der Waals surface area (Å²) in [6.07, 6.45) is 6.07. The summed E-state index contributed by atoms with van der Waals surface area (Å²) >= 11 is 0. The molecule has 1 aliphatic rings. The summed E-state index contributed by atoms with van der Waals surface area (Å²) in [5, 5.41) is 6.92. The van der Waals surface area contributed by atoms with Gasteiger partial charge in [0, 0.05) is 17.5 Å². The number of aryl methyl sites for hydroxylation is 2. The molecule has 0 saturated heterocycles. The first-order valence-corrected chi connectivity index (χ1v) is 8.73. The van der Waals surface area contributed by atoms with E-state index in [1.165, 1.54) is 0 Å². The predicted octanol–water partition coefficient (Wildman–Crippen LogP) is 3.51. The van der Waals surface area contributed by atoms with E-state index < -0.39 is 0 Å². The lowest BCUT2D eigenvalue weighted by molar-refractivity contribution is 0.102. The summed E-state index contributed by atoms with van der Waals surface area (Å²) < 4.78 is 10.9. The Balaban J connectivity index is 1.64. The molecule has 7 heteroatoms. The van der Waals surface area contributed by atoms with Gasteiger partial charge < -0.3 is 19.6 Å². The Kier molecular flexibility index (Phi) is 4.20. The summed E-state index contributed by atoms with van der Waals surface area (Å²) in [6, 6.07) is 3.50. The molecule has 4 rings (SSSR count). The fourth-order valence-electron chi connectivity index (χ4n) is 3.31. The van der Waals surface area contributed by atoms with Crippen LogP contribution in [0.4, 0.5) is 5.82 Å². The zero-order chi connectivity index (χ0) is 18.1. The topological polar surface area (TPSA) is 93.0 Å². The number of carbonyl (C=O) groups excluding carboxylic acids is 1. The molecule has 134 valence electrons. The van der Waals surface area contributed by atoms with Gasteiger partial charge in [-0.25, -0.2) is 4.98 Å². The minimum atomic E-state index is -0.235. The molecule has 0 bridgehead atoms. The second-order valence-corrected chi connectivity index (χ2v) is 6.25. The number of ether oxygens (including phenoxy) is 1. The number of hydrogen-bond acceptors (Lipinski definition) is 5. The van der Waals surface area contributed by atoms with E-state index in [2.05, 4.69) is 20.4 Å². The highest BCUT2D eigenvalue weighted by atomic mass is 16.5. The number of carbonyl (C=O) groups is 1. The Labute approximate surface area is 150 Å². The molecule has 0 aliphatic heterocycles. The highest BCUT2D eigenvalue weighted by Crippen LogP contribution is 2.36. The number of anilines is 1. The van der Waals surface area contributed by atoms with Crippen LogP contribution in [0.1, 0.15) is 40.7 Å². The highest BCUT2D eigenvalue weighted by molar-refractivity contribution is 6.08. The zero-order valence-corrected chi connectivity index (χ0v) is 14.8. The minimum Gasteiger partial charge on any atom is -0.492 e. The molecule has 3 aromatic heterocycles. The fraction of sp³-hybridized carbons (Fsp3) is 0.316. The van der Waals surface area contributed by atoms with Crippen molar-refractivity contribution in [3.05, 3.63) is 47.0 Å². The molecular weight excluding hydrogens is 332 g/mol. The molecular formula is C19H20N4O3. The molecule has 1 aliphatic carbocycles. The molecule has 0 radical (unpaired) electrons. The summed E-state index contributed by atoms with van der Waals surface area (Å²) in [4.78, 5) is 20.3. The Morgan fingerprint density at radius 3 is 3.04 bits per heavy atom. The van der Waals surface area contributed by atoms with Crippen molar-refractivity contribution >= 4 is 11.7 Å². The quantitative estimate of drug-likeness (QED) is 0.749. The van der Waals surface area contributed by atoms with Crippen LogP contribution in [-0.2, 0) is 12.8 Å². The Bertz CT molecular complexity index is 940. The van der Waals surface area contributed by atoms with Crippen LogP contribution in [0.15, 0.2) is 29.0 Å².